The molecule has 122 valence electrons. The summed E-state index contributed by atoms with van der Waals surface area (Å²) < 4.78 is 16.1. The minimum absolute atomic E-state index is 0.208. The third-order valence-electron chi connectivity index (χ3n) is 3.51. The van der Waals surface area contributed by atoms with Gasteiger partial charge < -0.3 is 19.9 Å². The van der Waals surface area contributed by atoms with Crippen molar-refractivity contribution < 1.29 is 19.0 Å². The van der Waals surface area contributed by atoms with Gasteiger partial charge in [0.05, 0.1) is 25.5 Å². The molecule has 23 heavy (non-hydrogen) atoms. The summed E-state index contributed by atoms with van der Waals surface area (Å²) >= 11 is 0. The number of carbonyl (C=O) groups excluding carboxylic acids is 1. The van der Waals surface area contributed by atoms with Crippen molar-refractivity contribution in [2.75, 3.05) is 20.0 Å². The number of benzene rings is 2. The lowest BCUT2D eigenvalue weighted by molar-refractivity contribution is 0.0816. The van der Waals surface area contributed by atoms with Crippen LogP contribution in [0, 0.1) is 6.92 Å². The van der Waals surface area contributed by atoms with E-state index in [2.05, 4.69) is 0 Å². The Morgan fingerprint density at radius 1 is 1.04 bits per heavy atom. The monoisotopic (exact) mass is 315 g/mol. The molecule has 0 fully saturated rings. The number of anilines is 1. The van der Waals surface area contributed by atoms with Crippen molar-refractivity contribution in [3.05, 3.63) is 47.5 Å². The molecular formula is C18H21NO4. The molecule has 2 N–H and O–H groups in total. The van der Waals surface area contributed by atoms with Gasteiger partial charge in [-0.1, -0.05) is 6.07 Å². The van der Waals surface area contributed by atoms with Crippen LogP contribution in [0.25, 0.3) is 0 Å². The van der Waals surface area contributed by atoms with E-state index < -0.39 is 6.10 Å². The number of ether oxygens (including phenoxy) is 3. The Kier molecular flexibility index (Phi) is 5.11. The third-order valence-corrected chi connectivity index (χ3v) is 3.51. The molecule has 5 heteroatoms. The summed E-state index contributed by atoms with van der Waals surface area (Å²) in [7, 11) is 3.06. The average Bonchev–Trinajstić information content (AvgIpc) is 2.55. The maximum Gasteiger partial charge on any atom is 0.206 e. The number of rotatable bonds is 6. The SMILES string of the molecule is COc1ccc(OC)c(C(=O)C(C)Oc2ccc(C)cc2N)c1. The van der Waals surface area contributed by atoms with E-state index in [0.29, 0.717) is 28.5 Å². The Labute approximate surface area is 136 Å². The van der Waals surface area contributed by atoms with Gasteiger partial charge >= 0.3 is 0 Å². The minimum Gasteiger partial charge on any atom is -0.497 e. The highest BCUT2D eigenvalue weighted by Gasteiger charge is 2.22. The predicted molar refractivity (Wildman–Crippen MR) is 89.6 cm³/mol. The first-order chi connectivity index (χ1) is 11.0. The van der Waals surface area contributed by atoms with Gasteiger partial charge in [0.2, 0.25) is 5.78 Å². The number of nitrogen functional groups attached to an aromatic ring is 1. The highest BCUT2D eigenvalue weighted by atomic mass is 16.5. The Morgan fingerprint density at radius 2 is 1.74 bits per heavy atom. The van der Waals surface area contributed by atoms with Crippen molar-refractivity contribution in [1.29, 1.82) is 0 Å². The fourth-order valence-corrected chi connectivity index (χ4v) is 2.24. The average molecular weight is 315 g/mol. The van der Waals surface area contributed by atoms with E-state index in [0.717, 1.165) is 5.56 Å². The zero-order valence-electron chi connectivity index (χ0n) is 13.8. The second-order valence-electron chi connectivity index (χ2n) is 5.23. The number of hydrogen-bond donors (Lipinski definition) is 1. The van der Waals surface area contributed by atoms with Crippen LogP contribution in [0.5, 0.6) is 17.2 Å². The maximum absolute atomic E-state index is 12.7. The largest absolute Gasteiger partial charge is 0.497 e. The molecule has 0 aliphatic heterocycles. The highest BCUT2D eigenvalue weighted by Crippen LogP contribution is 2.28. The zero-order valence-corrected chi connectivity index (χ0v) is 13.8. The highest BCUT2D eigenvalue weighted by molar-refractivity contribution is 6.02. The molecule has 2 aromatic rings. The summed E-state index contributed by atoms with van der Waals surface area (Å²) in [6.07, 6.45) is -0.707. The topological polar surface area (TPSA) is 70.8 Å². The first kappa shape index (κ1) is 16.7. The summed E-state index contributed by atoms with van der Waals surface area (Å²) in [5, 5.41) is 0. The van der Waals surface area contributed by atoms with E-state index >= 15 is 0 Å². The molecular weight excluding hydrogens is 294 g/mol. The van der Waals surface area contributed by atoms with Crippen molar-refractivity contribution in [3.63, 3.8) is 0 Å². The molecule has 0 heterocycles. The molecule has 0 bridgehead atoms. The van der Waals surface area contributed by atoms with Crippen LogP contribution < -0.4 is 19.9 Å². The van der Waals surface area contributed by atoms with Crippen LogP contribution >= 0.6 is 0 Å². The van der Waals surface area contributed by atoms with E-state index in [-0.39, 0.29) is 5.78 Å². The van der Waals surface area contributed by atoms with E-state index in [9.17, 15) is 4.79 Å². The zero-order chi connectivity index (χ0) is 17.0. The van der Waals surface area contributed by atoms with Gasteiger partial charge in [0.1, 0.15) is 17.2 Å². The Bertz CT molecular complexity index is 712. The predicted octanol–water partition coefficient (Wildman–Crippen LogP) is 3.24. The van der Waals surface area contributed by atoms with Gasteiger partial charge in [-0.25, -0.2) is 0 Å². The molecule has 0 amide bonds. The van der Waals surface area contributed by atoms with E-state index in [4.69, 9.17) is 19.9 Å². The smallest absolute Gasteiger partial charge is 0.206 e. The van der Waals surface area contributed by atoms with Gasteiger partial charge in [-0.05, 0) is 49.7 Å². The second-order valence-corrected chi connectivity index (χ2v) is 5.23. The van der Waals surface area contributed by atoms with Crippen molar-refractivity contribution in [2.45, 2.75) is 20.0 Å². The molecule has 1 unspecified atom stereocenters. The Morgan fingerprint density at radius 3 is 2.35 bits per heavy atom. The first-order valence-electron chi connectivity index (χ1n) is 7.25. The third kappa shape index (κ3) is 3.74. The number of carbonyl (C=O) groups is 1. The molecule has 0 saturated carbocycles. The lowest BCUT2D eigenvalue weighted by atomic mass is 10.1. The lowest BCUT2D eigenvalue weighted by Gasteiger charge is -2.17. The molecule has 0 aliphatic rings. The molecule has 0 aromatic heterocycles. The fourth-order valence-electron chi connectivity index (χ4n) is 2.24. The lowest BCUT2D eigenvalue weighted by Crippen LogP contribution is -2.24. The van der Waals surface area contributed by atoms with Crippen LogP contribution in [0.2, 0.25) is 0 Å². The fraction of sp³-hybridized carbons (Fsp3) is 0.278. The summed E-state index contributed by atoms with van der Waals surface area (Å²) in [6.45, 7) is 3.62. The van der Waals surface area contributed by atoms with Gasteiger partial charge in [-0.2, -0.15) is 0 Å². The number of Topliss-reactive ketones (excluding diaryl/α,β-unsaturated/α-hetero) is 1. The molecule has 0 aliphatic carbocycles. The summed E-state index contributed by atoms with van der Waals surface area (Å²) in [5.41, 5.74) is 7.87. The van der Waals surface area contributed by atoms with Crippen LogP contribution in [-0.4, -0.2) is 26.1 Å². The number of aryl methyl sites for hydroxylation is 1. The van der Waals surface area contributed by atoms with Crippen molar-refractivity contribution in [2.24, 2.45) is 0 Å². The van der Waals surface area contributed by atoms with Crippen LogP contribution in [-0.2, 0) is 0 Å². The van der Waals surface area contributed by atoms with Crippen LogP contribution in [0.4, 0.5) is 5.69 Å². The molecule has 0 radical (unpaired) electrons. The van der Waals surface area contributed by atoms with E-state index in [1.165, 1.54) is 7.11 Å². The maximum atomic E-state index is 12.7. The summed E-state index contributed by atoms with van der Waals surface area (Å²) in [6, 6.07) is 10.5. The molecule has 2 rings (SSSR count). The molecule has 2 aromatic carbocycles. The van der Waals surface area contributed by atoms with Gasteiger partial charge in [0.15, 0.2) is 6.10 Å². The Hall–Kier alpha value is -2.69. The Balaban J connectivity index is 2.25. The number of hydrogen-bond acceptors (Lipinski definition) is 5. The number of ketones is 1. The summed E-state index contributed by atoms with van der Waals surface area (Å²) in [4.78, 5) is 12.7. The van der Waals surface area contributed by atoms with Gasteiger partial charge in [0, 0.05) is 0 Å². The van der Waals surface area contributed by atoms with Gasteiger partial charge in [0.25, 0.3) is 0 Å². The van der Waals surface area contributed by atoms with E-state index in [1.807, 2.05) is 13.0 Å². The molecule has 0 saturated heterocycles. The first-order valence-corrected chi connectivity index (χ1v) is 7.25. The second kappa shape index (κ2) is 7.05. The van der Waals surface area contributed by atoms with Gasteiger partial charge in [-0.15, -0.1) is 0 Å². The van der Waals surface area contributed by atoms with Gasteiger partial charge in [-0.3, -0.25) is 4.79 Å². The normalized spacial score (nSPS) is 11.7. The van der Waals surface area contributed by atoms with Crippen molar-refractivity contribution in [1.82, 2.24) is 0 Å². The number of methoxy groups -OCH3 is 2. The summed E-state index contributed by atoms with van der Waals surface area (Å²) in [5.74, 6) is 1.33. The minimum atomic E-state index is -0.707. The molecule has 1 atom stereocenters. The van der Waals surface area contributed by atoms with Crippen molar-refractivity contribution >= 4 is 11.5 Å². The van der Waals surface area contributed by atoms with Crippen LogP contribution in [0.1, 0.15) is 22.8 Å². The quantitative estimate of drug-likeness (QED) is 0.654. The van der Waals surface area contributed by atoms with E-state index in [1.54, 1.807) is 44.4 Å². The standard InChI is InChI=1S/C18H21NO4/c1-11-5-7-17(15(19)9-11)23-12(2)18(20)14-10-13(21-3)6-8-16(14)22-4/h5-10,12H,19H2,1-4H3. The van der Waals surface area contributed by atoms with Crippen LogP contribution in [0.15, 0.2) is 36.4 Å². The molecule has 5 nitrogen and oxygen atoms in total. The number of nitrogens with two attached hydrogens (primary N) is 1. The molecule has 0 spiro atoms. The van der Waals surface area contributed by atoms with Crippen LogP contribution in [0.3, 0.4) is 0 Å². The van der Waals surface area contributed by atoms with Crippen molar-refractivity contribution in [3.8, 4) is 17.2 Å².